The molecule has 0 aliphatic carbocycles. The molecule has 1 heterocycles. The lowest BCUT2D eigenvalue weighted by Crippen LogP contribution is -2.49. The highest BCUT2D eigenvalue weighted by Crippen LogP contribution is 2.32. The molecule has 0 unspecified atom stereocenters. The predicted molar refractivity (Wildman–Crippen MR) is 120 cm³/mol. The van der Waals surface area contributed by atoms with Gasteiger partial charge in [-0.1, -0.05) is 54.6 Å². The average molecular weight is 438 g/mol. The van der Waals surface area contributed by atoms with Gasteiger partial charge in [0.15, 0.2) is 0 Å². The Labute approximate surface area is 186 Å². The molecule has 0 saturated carbocycles. The molecular formula is C26H25F3N2O. The zero-order chi connectivity index (χ0) is 22.6. The summed E-state index contributed by atoms with van der Waals surface area (Å²) in [4.78, 5) is 16.9. The molecule has 0 bridgehead atoms. The van der Waals surface area contributed by atoms with E-state index in [2.05, 4.69) is 12.1 Å². The highest BCUT2D eigenvalue weighted by molar-refractivity contribution is 5.95. The van der Waals surface area contributed by atoms with E-state index in [4.69, 9.17) is 0 Å². The molecule has 1 saturated heterocycles. The summed E-state index contributed by atoms with van der Waals surface area (Å²) < 4.78 is 39.1. The summed E-state index contributed by atoms with van der Waals surface area (Å²) in [5, 5.41) is 0. The summed E-state index contributed by atoms with van der Waals surface area (Å²) in [6, 6.07) is 23.2. The van der Waals surface area contributed by atoms with Crippen LogP contribution in [-0.4, -0.2) is 37.0 Å². The van der Waals surface area contributed by atoms with Crippen LogP contribution < -0.4 is 4.90 Å². The Bertz CT molecular complexity index is 1060. The first kappa shape index (κ1) is 21.9. The third-order valence-electron chi connectivity index (χ3n) is 5.88. The smallest absolute Gasteiger partial charge is 0.368 e. The lowest BCUT2D eigenvalue weighted by molar-refractivity contribution is -0.137. The van der Waals surface area contributed by atoms with E-state index in [-0.39, 0.29) is 5.91 Å². The molecule has 32 heavy (non-hydrogen) atoms. The number of halogens is 3. The fraction of sp³-hybridized carbons (Fsp3) is 0.269. The van der Waals surface area contributed by atoms with Crippen LogP contribution in [0, 0.1) is 0 Å². The molecule has 0 aromatic heterocycles. The number of anilines is 1. The molecule has 1 aliphatic rings. The highest BCUT2D eigenvalue weighted by atomic mass is 19.4. The number of benzene rings is 3. The van der Waals surface area contributed by atoms with Crippen molar-refractivity contribution in [2.24, 2.45) is 0 Å². The van der Waals surface area contributed by atoms with Gasteiger partial charge in [0, 0.05) is 37.4 Å². The van der Waals surface area contributed by atoms with Gasteiger partial charge >= 0.3 is 6.18 Å². The molecule has 1 aliphatic heterocycles. The number of hydrogen-bond acceptors (Lipinski definition) is 2. The van der Waals surface area contributed by atoms with Crippen LogP contribution in [0.15, 0.2) is 78.9 Å². The van der Waals surface area contributed by atoms with Crippen molar-refractivity contribution in [2.75, 3.05) is 31.1 Å². The van der Waals surface area contributed by atoms with Crippen molar-refractivity contribution in [3.05, 3.63) is 101 Å². The zero-order valence-electron chi connectivity index (χ0n) is 17.7. The number of carbonyl (C=O) groups excluding carboxylic acids is 1. The van der Waals surface area contributed by atoms with E-state index in [0.717, 1.165) is 24.5 Å². The van der Waals surface area contributed by atoms with Gasteiger partial charge in [-0.3, -0.25) is 4.79 Å². The van der Waals surface area contributed by atoms with Gasteiger partial charge in [-0.2, -0.15) is 13.2 Å². The van der Waals surface area contributed by atoms with E-state index < -0.39 is 11.7 Å². The van der Waals surface area contributed by atoms with Crippen LogP contribution >= 0.6 is 0 Å². The topological polar surface area (TPSA) is 23.6 Å². The summed E-state index contributed by atoms with van der Waals surface area (Å²) in [7, 11) is 0. The van der Waals surface area contributed by atoms with Crippen molar-refractivity contribution in [1.29, 1.82) is 0 Å². The van der Waals surface area contributed by atoms with Gasteiger partial charge in [0.1, 0.15) is 0 Å². The first-order valence-corrected chi connectivity index (χ1v) is 10.7. The molecule has 166 valence electrons. The Morgan fingerprint density at radius 3 is 2.19 bits per heavy atom. The van der Waals surface area contributed by atoms with Crippen molar-refractivity contribution >= 4 is 11.6 Å². The number of carbonyl (C=O) groups is 1. The minimum atomic E-state index is -4.36. The largest absolute Gasteiger partial charge is 0.416 e. The van der Waals surface area contributed by atoms with E-state index in [9.17, 15) is 18.0 Å². The maximum absolute atomic E-state index is 13.2. The summed E-state index contributed by atoms with van der Waals surface area (Å²) in [5.41, 5.74) is 2.83. The van der Waals surface area contributed by atoms with Crippen LogP contribution in [0.3, 0.4) is 0 Å². The lowest BCUT2D eigenvalue weighted by Gasteiger charge is -2.36. The van der Waals surface area contributed by atoms with Crippen molar-refractivity contribution in [3.63, 3.8) is 0 Å². The monoisotopic (exact) mass is 438 g/mol. The molecule has 3 nitrogen and oxygen atoms in total. The van der Waals surface area contributed by atoms with E-state index in [1.165, 1.54) is 17.7 Å². The number of nitrogens with zero attached hydrogens (tertiary/aromatic N) is 2. The first-order valence-electron chi connectivity index (χ1n) is 10.7. The Morgan fingerprint density at radius 1 is 0.781 bits per heavy atom. The summed E-state index contributed by atoms with van der Waals surface area (Å²) in [6.07, 6.45) is -2.73. The number of hydrogen-bond donors (Lipinski definition) is 0. The van der Waals surface area contributed by atoms with E-state index >= 15 is 0 Å². The van der Waals surface area contributed by atoms with Gasteiger partial charge < -0.3 is 9.80 Å². The third-order valence-corrected chi connectivity index (χ3v) is 5.88. The van der Waals surface area contributed by atoms with Crippen molar-refractivity contribution in [3.8, 4) is 0 Å². The van der Waals surface area contributed by atoms with Crippen LogP contribution in [0.25, 0.3) is 0 Å². The van der Waals surface area contributed by atoms with Crippen LogP contribution in [0.2, 0.25) is 0 Å². The quantitative estimate of drug-likeness (QED) is 0.529. The molecular weight excluding hydrogens is 413 g/mol. The molecule has 6 heteroatoms. The van der Waals surface area contributed by atoms with Gasteiger partial charge in [0.25, 0.3) is 5.91 Å². The number of amides is 1. The molecule has 3 aromatic rings. The van der Waals surface area contributed by atoms with Crippen molar-refractivity contribution in [2.45, 2.75) is 19.0 Å². The van der Waals surface area contributed by atoms with Crippen LogP contribution in [0.1, 0.15) is 27.0 Å². The second-order valence-electron chi connectivity index (χ2n) is 7.97. The molecule has 0 atom stereocenters. The molecule has 0 N–H and O–H groups in total. The first-order chi connectivity index (χ1) is 15.4. The second-order valence-corrected chi connectivity index (χ2v) is 7.97. The summed E-state index contributed by atoms with van der Waals surface area (Å²) >= 11 is 0. The normalized spacial score (nSPS) is 14.5. The SMILES string of the molecule is O=C(c1ccccc1CCc1ccccc1)N1CCN(c2cccc(C(F)(F)F)c2)CC1. The number of alkyl halides is 3. The Hall–Kier alpha value is -3.28. The molecule has 1 amide bonds. The van der Waals surface area contributed by atoms with Gasteiger partial charge in [-0.25, -0.2) is 0 Å². The maximum atomic E-state index is 13.2. The Balaban J connectivity index is 1.41. The standard InChI is InChI=1S/C26H25F3N2O/c27-26(28,29)22-10-6-11-23(19-22)30-15-17-31(18-16-30)25(32)24-12-5-4-9-21(24)14-13-20-7-2-1-3-8-20/h1-12,19H,13-18H2. The average Bonchev–Trinajstić information content (AvgIpc) is 2.83. The molecule has 0 spiro atoms. The fourth-order valence-corrected chi connectivity index (χ4v) is 4.09. The summed E-state index contributed by atoms with van der Waals surface area (Å²) in [6.45, 7) is 1.95. The number of aryl methyl sites for hydroxylation is 2. The van der Waals surface area contributed by atoms with Gasteiger partial charge in [0.2, 0.25) is 0 Å². The molecule has 1 fully saturated rings. The zero-order valence-corrected chi connectivity index (χ0v) is 17.7. The summed E-state index contributed by atoms with van der Waals surface area (Å²) in [5.74, 6) is -0.0163. The van der Waals surface area contributed by atoms with Crippen LogP contribution in [-0.2, 0) is 19.0 Å². The number of piperazine rings is 1. The highest BCUT2D eigenvalue weighted by Gasteiger charge is 2.31. The predicted octanol–water partition coefficient (Wildman–Crippen LogP) is 5.45. The Morgan fingerprint density at radius 2 is 1.47 bits per heavy atom. The van der Waals surface area contributed by atoms with E-state index in [0.29, 0.717) is 37.4 Å². The number of rotatable bonds is 5. The third kappa shape index (κ3) is 5.13. The second kappa shape index (κ2) is 9.47. The Kier molecular flexibility index (Phi) is 6.49. The van der Waals surface area contributed by atoms with Crippen molar-refractivity contribution in [1.82, 2.24) is 4.90 Å². The lowest BCUT2D eigenvalue weighted by atomic mass is 9.99. The molecule has 4 rings (SSSR count). The van der Waals surface area contributed by atoms with E-state index in [1.807, 2.05) is 47.4 Å². The van der Waals surface area contributed by atoms with Crippen molar-refractivity contribution < 1.29 is 18.0 Å². The van der Waals surface area contributed by atoms with Gasteiger partial charge in [-0.15, -0.1) is 0 Å². The van der Waals surface area contributed by atoms with Crippen LogP contribution in [0.4, 0.5) is 18.9 Å². The fourth-order valence-electron chi connectivity index (χ4n) is 4.09. The van der Waals surface area contributed by atoms with Crippen LogP contribution in [0.5, 0.6) is 0 Å². The van der Waals surface area contributed by atoms with E-state index in [1.54, 1.807) is 11.0 Å². The molecule has 0 radical (unpaired) electrons. The molecule has 3 aromatic carbocycles. The minimum absolute atomic E-state index is 0.0163. The minimum Gasteiger partial charge on any atom is -0.368 e. The maximum Gasteiger partial charge on any atom is 0.416 e. The van der Waals surface area contributed by atoms with Gasteiger partial charge in [0.05, 0.1) is 5.56 Å². The van der Waals surface area contributed by atoms with Gasteiger partial charge in [-0.05, 0) is 48.2 Å².